The number of para-hydroxylation sites is 1. The number of carbonyl (C=O) groups is 1. The highest BCUT2D eigenvalue weighted by Gasteiger charge is 2.04. The number of rotatable bonds is 4. The van der Waals surface area contributed by atoms with Gasteiger partial charge in [0, 0.05) is 11.1 Å². The average molecular weight is 343 g/mol. The van der Waals surface area contributed by atoms with Crippen LogP contribution in [-0.4, -0.2) is 10.9 Å². The van der Waals surface area contributed by atoms with Gasteiger partial charge in [0.1, 0.15) is 5.01 Å². The maximum atomic E-state index is 11.9. The largest absolute Gasteiger partial charge is 0.346 e. The lowest BCUT2D eigenvalue weighted by molar-refractivity contribution is -0.116. The molecule has 1 aromatic heterocycles. The fraction of sp³-hybridized carbons (Fsp3) is 0.111. The normalized spacial score (nSPS) is 11.2. The highest BCUT2D eigenvalue weighted by atomic mass is 35.5. The number of carbonyl (C=O) groups excluding carboxylic acids is 1. The Bertz CT molecular complexity index is 853. The molecule has 0 spiro atoms. The summed E-state index contributed by atoms with van der Waals surface area (Å²) in [6, 6.07) is 13.6. The van der Waals surface area contributed by atoms with Crippen molar-refractivity contribution < 1.29 is 4.79 Å². The van der Waals surface area contributed by atoms with Crippen molar-refractivity contribution in [2.24, 2.45) is 0 Å². The molecule has 0 bridgehead atoms. The van der Waals surface area contributed by atoms with Crippen molar-refractivity contribution in [2.75, 3.05) is 0 Å². The van der Waals surface area contributed by atoms with E-state index in [2.05, 4.69) is 10.3 Å². The van der Waals surface area contributed by atoms with Gasteiger partial charge in [-0.05, 0) is 42.3 Å². The van der Waals surface area contributed by atoms with E-state index in [1.165, 1.54) is 6.08 Å². The maximum absolute atomic E-state index is 11.9. The molecule has 2 aromatic carbocycles. The fourth-order valence-electron chi connectivity index (χ4n) is 2.10. The molecule has 116 valence electrons. The Hall–Kier alpha value is -2.17. The molecule has 1 amide bonds. The fourth-order valence-corrected chi connectivity index (χ4v) is 3.20. The smallest absolute Gasteiger partial charge is 0.244 e. The van der Waals surface area contributed by atoms with E-state index in [1.54, 1.807) is 17.4 Å². The Morgan fingerprint density at radius 1 is 1.30 bits per heavy atom. The summed E-state index contributed by atoms with van der Waals surface area (Å²) < 4.78 is 1.13. The third-order valence-electron chi connectivity index (χ3n) is 3.38. The van der Waals surface area contributed by atoms with Crippen LogP contribution in [-0.2, 0) is 11.3 Å². The van der Waals surface area contributed by atoms with Crippen LogP contribution in [0.4, 0.5) is 0 Å². The summed E-state index contributed by atoms with van der Waals surface area (Å²) in [5.74, 6) is -0.152. The van der Waals surface area contributed by atoms with Crippen LogP contribution in [0.15, 0.2) is 48.5 Å². The second kappa shape index (κ2) is 6.94. The lowest BCUT2D eigenvalue weighted by atomic mass is 10.1. The summed E-state index contributed by atoms with van der Waals surface area (Å²) in [4.78, 5) is 16.4. The Labute approximate surface area is 143 Å². The second-order valence-electron chi connectivity index (χ2n) is 5.14. The Morgan fingerprint density at radius 2 is 2.13 bits per heavy atom. The molecule has 0 radical (unpaired) electrons. The summed E-state index contributed by atoms with van der Waals surface area (Å²) in [6.45, 7) is 2.37. The van der Waals surface area contributed by atoms with Gasteiger partial charge in [-0.3, -0.25) is 4.79 Å². The van der Waals surface area contributed by atoms with E-state index >= 15 is 0 Å². The summed E-state index contributed by atoms with van der Waals surface area (Å²) in [7, 11) is 0. The van der Waals surface area contributed by atoms with Crippen LogP contribution in [0, 0.1) is 6.92 Å². The first kappa shape index (κ1) is 15.7. The van der Waals surface area contributed by atoms with Gasteiger partial charge in [-0.15, -0.1) is 11.3 Å². The first-order chi connectivity index (χ1) is 11.1. The van der Waals surface area contributed by atoms with Crippen molar-refractivity contribution in [2.45, 2.75) is 13.5 Å². The highest BCUT2D eigenvalue weighted by Crippen LogP contribution is 2.21. The molecule has 1 N–H and O–H groups in total. The maximum Gasteiger partial charge on any atom is 0.244 e. The van der Waals surface area contributed by atoms with E-state index in [-0.39, 0.29) is 5.91 Å². The van der Waals surface area contributed by atoms with Gasteiger partial charge in [-0.1, -0.05) is 35.9 Å². The first-order valence-electron chi connectivity index (χ1n) is 7.18. The molecule has 3 aromatic rings. The quantitative estimate of drug-likeness (QED) is 0.705. The van der Waals surface area contributed by atoms with Gasteiger partial charge >= 0.3 is 0 Å². The van der Waals surface area contributed by atoms with Crippen LogP contribution in [0.1, 0.15) is 16.1 Å². The van der Waals surface area contributed by atoms with Crippen LogP contribution < -0.4 is 5.32 Å². The van der Waals surface area contributed by atoms with Crippen LogP contribution in [0.5, 0.6) is 0 Å². The molecule has 0 fully saturated rings. The summed E-state index contributed by atoms with van der Waals surface area (Å²) in [5.41, 5.74) is 2.88. The standard InChI is InChI=1S/C18H15ClN2OS/c1-12-6-7-13(10-14(12)19)8-9-17(22)20-11-18-21-15-4-2-3-5-16(15)23-18/h2-10H,11H2,1H3,(H,20,22)/b9-8+. The lowest BCUT2D eigenvalue weighted by Crippen LogP contribution is -2.19. The third kappa shape index (κ3) is 3.97. The van der Waals surface area contributed by atoms with Gasteiger partial charge in [0.25, 0.3) is 0 Å². The van der Waals surface area contributed by atoms with Crippen molar-refractivity contribution in [3.05, 3.63) is 69.7 Å². The number of aryl methyl sites for hydroxylation is 1. The molecule has 0 saturated heterocycles. The second-order valence-corrected chi connectivity index (χ2v) is 6.66. The minimum absolute atomic E-state index is 0.152. The number of halogens is 1. The SMILES string of the molecule is Cc1ccc(/C=C/C(=O)NCc2nc3ccccc3s2)cc1Cl. The lowest BCUT2D eigenvalue weighted by Gasteiger charge is -2.00. The van der Waals surface area contributed by atoms with Gasteiger partial charge in [-0.25, -0.2) is 4.98 Å². The molecule has 0 aliphatic heterocycles. The highest BCUT2D eigenvalue weighted by molar-refractivity contribution is 7.18. The summed E-state index contributed by atoms with van der Waals surface area (Å²) in [5, 5.41) is 4.44. The van der Waals surface area contributed by atoms with Gasteiger partial charge in [-0.2, -0.15) is 0 Å². The number of nitrogens with one attached hydrogen (secondary N) is 1. The Kier molecular flexibility index (Phi) is 4.74. The van der Waals surface area contributed by atoms with Gasteiger partial charge in [0.2, 0.25) is 5.91 Å². The molecule has 5 heteroatoms. The molecule has 3 nitrogen and oxygen atoms in total. The van der Waals surface area contributed by atoms with Crippen LogP contribution in [0.25, 0.3) is 16.3 Å². The molecule has 0 aliphatic carbocycles. The van der Waals surface area contributed by atoms with Crippen LogP contribution in [0.3, 0.4) is 0 Å². The predicted octanol–water partition coefficient (Wildman–Crippen LogP) is 4.59. The average Bonchev–Trinajstić information content (AvgIpc) is 2.97. The number of thiazole rings is 1. The minimum Gasteiger partial charge on any atom is -0.346 e. The monoisotopic (exact) mass is 342 g/mol. The molecular weight excluding hydrogens is 328 g/mol. The molecule has 0 aliphatic rings. The summed E-state index contributed by atoms with van der Waals surface area (Å²) in [6.07, 6.45) is 3.26. The van der Waals surface area contributed by atoms with Crippen molar-refractivity contribution in [1.29, 1.82) is 0 Å². The summed E-state index contributed by atoms with van der Waals surface area (Å²) >= 11 is 7.66. The Morgan fingerprint density at radius 3 is 2.91 bits per heavy atom. The number of amides is 1. The molecule has 0 unspecified atom stereocenters. The number of benzene rings is 2. The topological polar surface area (TPSA) is 42.0 Å². The number of aromatic nitrogens is 1. The van der Waals surface area contributed by atoms with E-state index in [1.807, 2.05) is 49.4 Å². The zero-order valence-corrected chi connectivity index (χ0v) is 14.1. The Balaban J connectivity index is 1.60. The zero-order valence-electron chi connectivity index (χ0n) is 12.5. The van der Waals surface area contributed by atoms with Gasteiger partial charge in [0.15, 0.2) is 0 Å². The minimum atomic E-state index is -0.152. The van der Waals surface area contributed by atoms with E-state index in [4.69, 9.17) is 11.6 Å². The molecule has 3 rings (SSSR count). The molecule has 0 saturated carbocycles. The number of fused-ring (bicyclic) bond motifs is 1. The predicted molar refractivity (Wildman–Crippen MR) is 96.7 cm³/mol. The van der Waals surface area contributed by atoms with Crippen molar-refractivity contribution in [3.63, 3.8) is 0 Å². The van der Waals surface area contributed by atoms with Crippen molar-refractivity contribution >= 4 is 45.1 Å². The molecule has 23 heavy (non-hydrogen) atoms. The molecule has 1 heterocycles. The van der Waals surface area contributed by atoms with E-state index in [0.29, 0.717) is 11.6 Å². The van der Waals surface area contributed by atoms with Crippen molar-refractivity contribution in [3.8, 4) is 0 Å². The van der Waals surface area contributed by atoms with E-state index < -0.39 is 0 Å². The number of nitrogens with zero attached hydrogens (tertiary/aromatic N) is 1. The number of hydrogen-bond acceptors (Lipinski definition) is 3. The zero-order chi connectivity index (χ0) is 16.2. The van der Waals surface area contributed by atoms with Crippen LogP contribution >= 0.6 is 22.9 Å². The van der Waals surface area contributed by atoms with E-state index in [9.17, 15) is 4.79 Å². The molecular formula is C18H15ClN2OS. The van der Waals surface area contributed by atoms with Gasteiger partial charge < -0.3 is 5.32 Å². The van der Waals surface area contributed by atoms with E-state index in [0.717, 1.165) is 26.4 Å². The van der Waals surface area contributed by atoms with Crippen LogP contribution in [0.2, 0.25) is 5.02 Å². The molecule has 0 atom stereocenters. The number of hydrogen-bond donors (Lipinski definition) is 1. The first-order valence-corrected chi connectivity index (χ1v) is 8.38. The third-order valence-corrected chi connectivity index (χ3v) is 4.82. The van der Waals surface area contributed by atoms with Crippen molar-refractivity contribution in [1.82, 2.24) is 10.3 Å². The van der Waals surface area contributed by atoms with Gasteiger partial charge in [0.05, 0.1) is 16.8 Å².